The highest BCUT2D eigenvalue weighted by Crippen LogP contribution is 2.39. The summed E-state index contributed by atoms with van der Waals surface area (Å²) < 4.78 is 5.10. The minimum Gasteiger partial charge on any atom is -0.505 e. The molecule has 2 aromatic carbocycles. The Kier molecular flexibility index (Phi) is 6.68. The van der Waals surface area contributed by atoms with Crippen molar-refractivity contribution < 1.29 is 14.6 Å². The lowest BCUT2D eigenvalue weighted by Crippen LogP contribution is -2.06. The maximum absolute atomic E-state index is 12.3. The Labute approximate surface area is 172 Å². The van der Waals surface area contributed by atoms with Gasteiger partial charge in [-0.15, -0.1) is 11.3 Å². The van der Waals surface area contributed by atoms with Crippen LogP contribution in [0.1, 0.15) is 27.7 Å². The number of halogens is 1. The molecule has 1 aromatic heterocycles. The molecule has 0 saturated heterocycles. The van der Waals surface area contributed by atoms with E-state index in [1.54, 1.807) is 25.3 Å². The number of carbonyl (C=O) groups excluding carboxylic acids is 1. The molecule has 0 unspecified atom stereocenters. The van der Waals surface area contributed by atoms with E-state index in [1.807, 2.05) is 42.5 Å². The Balaban J connectivity index is 1.86. The Morgan fingerprint density at radius 2 is 1.93 bits per heavy atom. The molecule has 0 atom stereocenters. The van der Waals surface area contributed by atoms with Crippen molar-refractivity contribution in [3.8, 4) is 5.75 Å². The number of rotatable bonds is 7. The predicted molar refractivity (Wildman–Crippen MR) is 114 cm³/mol. The zero-order chi connectivity index (χ0) is 19.9. The molecule has 1 heterocycles. The zero-order valence-corrected chi connectivity index (χ0v) is 16.8. The topological polar surface area (TPSA) is 70.9 Å². The van der Waals surface area contributed by atoms with Crippen LogP contribution in [0.5, 0.6) is 5.75 Å². The number of carbonyl (C=O) groups is 1. The molecule has 0 radical (unpaired) electrons. The van der Waals surface area contributed by atoms with E-state index < -0.39 is 5.97 Å². The molecule has 0 spiro atoms. The summed E-state index contributed by atoms with van der Waals surface area (Å²) >= 11 is 7.12. The van der Waals surface area contributed by atoms with Crippen molar-refractivity contribution in [2.75, 3.05) is 11.9 Å². The van der Waals surface area contributed by atoms with Crippen LogP contribution in [-0.2, 0) is 11.3 Å². The summed E-state index contributed by atoms with van der Waals surface area (Å²) in [6.45, 7) is 2.38. The number of esters is 1. The van der Waals surface area contributed by atoms with Crippen molar-refractivity contribution in [2.45, 2.75) is 13.5 Å². The minimum atomic E-state index is -0.577. The molecule has 7 heteroatoms. The third-order valence-corrected chi connectivity index (χ3v) is 5.10. The number of nitrogens with one attached hydrogen (secondary N) is 1. The molecular formula is C21H19ClN2O3S. The van der Waals surface area contributed by atoms with Crippen molar-refractivity contribution in [3.05, 3.63) is 75.6 Å². The van der Waals surface area contributed by atoms with E-state index in [1.165, 1.54) is 11.3 Å². The number of aromatic hydroxyl groups is 1. The first-order chi connectivity index (χ1) is 13.6. The quantitative estimate of drug-likeness (QED) is 0.387. The predicted octanol–water partition coefficient (Wildman–Crippen LogP) is 5.65. The van der Waals surface area contributed by atoms with Gasteiger partial charge in [-0.05, 0) is 36.8 Å². The summed E-state index contributed by atoms with van der Waals surface area (Å²) in [4.78, 5) is 17.2. The van der Waals surface area contributed by atoms with E-state index in [0.717, 1.165) is 11.3 Å². The summed E-state index contributed by atoms with van der Waals surface area (Å²) in [7, 11) is 0. The second-order valence-corrected chi connectivity index (χ2v) is 7.32. The van der Waals surface area contributed by atoms with Crippen LogP contribution in [0.15, 0.2) is 59.6 Å². The molecule has 0 fully saturated rings. The number of hydrogen-bond donors (Lipinski definition) is 2. The van der Waals surface area contributed by atoms with Gasteiger partial charge in [0, 0.05) is 16.9 Å². The number of aliphatic imine (C=N–C) groups is 1. The van der Waals surface area contributed by atoms with Gasteiger partial charge in [-0.3, -0.25) is 4.99 Å². The van der Waals surface area contributed by atoms with Crippen LogP contribution in [-0.4, -0.2) is 23.9 Å². The van der Waals surface area contributed by atoms with E-state index in [-0.39, 0.29) is 17.9 Å². The average molecular weight is 415 g/mol. The number of thiophene rings is 1. The van der Waals surface area contributed by atoms with Crippen LogP contribution >= 0.6 is 22.9 Å². The van der Waals surface area contributed by atoms with Gasteiger partial charge in [0.15, 0.2) is 5.75 Å². The molecule has 144 valence electrons. The summed E-state index contributed by atoms with van der Waals surface area (Å²) in [5, 5.41) is 14.9. The first-order valence-corrected chi connectivity index (χ1v) is 9.87. The number of benzene rings is 2. The maximum atomic E-state index is 12.3. The first kappa shape index (κ1) is 19.9. The molecule has 5 nitrogen and oxygen atoms in total. The van der Waals surface area contributed by atoms with E-state index in [0.29, 0.717) is 21.4 Å². The lowest BCUT2D eigenvalue weighted by molar-refractivity contribution is 0.0525. The lowest BCUT2D eigenvalue weighted by atomic mass is 10.2. The Hall–Kier alpha value is -2.83. The molecule has 0 aliphatic carbocycles. The fourth-order valence-corrected chi connectivity index (χ4v) is 3.61. The van der Waals surface area contributed by atoms with E-state index >= 15 is 0 Å². The fourth-order valence-electron chi connectivity index (χ4n) is 2.48. The van der Waals surface area contributed by atoms with Gasteiger partial charge >= 0.3 is 5.97 Å². The normalized spacial score (nSPS) is 10.9. The molecule has 3 rings (SSSR count). The van der Waals surface area contributed by atoms with Crippen molar-refractivity contribution in [3.63, 3.8) is 0 Å². The average Bonchev–Trinajstić information content (AvgIpc) is 2.99. The second-order valence-electron chi connectivity index (χ2n) is 5.83. The highest BCUT2D eigenvalue weighted by atomic mass is 35.5. The van der Waals surface area contributed by atoms with Crippen molar-refractivity contribution >= 4 is 45.8 Å². The van der Waals surface area contributed by atoms with Gasteiger partial charge in [-0.1, -0.05) is 41.9 Å². The number of anilines is 2. The number of nitrogens with zero attached hydrogens (tertiary/aromatic N) is 1. The number of hydrogen-bond acceptors (Lipinski definition) is 6. The van der Waals surface area contributed by atoms with Gasteiger partial charge in [-0.25, -0.2) is 4.79 Å². The Bertz CT molecular complexity index is 969. The van der Waals surface area contributed by atoms with Gasteiger partial charge in [0.2, 0.25) is 0 Å². The van der Waals surface area contributed by atoms with Gasteiger partial charge < -0.3 is 15.2 Å². The van der Waals surface area contributed by atoms with Crippen LogP contribution in [0.4, 0.5) is 10.7 Å². The largest absolute Gasteiger partial charge is 0.505 e. The monoisotopic (exact) mass is 414 g/mol. The fraction of sp³-hybridized carbons (Fsp3) is 0.143. The summed E-state index contributed by atoms with van der Waals surface area (Å²) in [6.07, 6.45) is 1.56. The van der Waals surface area contributed by atoms with Crippen molar-refractivity contribution in [1.29, 1.82) is 0 Å². The summed E-state index contributed by atoms with van der Waals surface area (Å²) in [6, 6.07) is 16.8. The third-order valence-electron chi connectivity index (χ3n) is 3.82. The number of ether oxygens (including phenoxy) is 1. The molecule has 3 aromatic rings. The molecule has 0 aliphatic heterocycles. The second kappa shape index (κ2) is 9.39. The molecular weight excluding hydrogens is 396 g/mol. The van der Waals surface area contributed by atoms with E-state index in [9.17, 15) is 9.90 Å². The standard InChI is InChI=1S/C21H19ClN2O3S/c1-2-27-21(26)18-19(25)17(13-23-12-14-8-10-15(22)11-9-14)28-20(18)24-16-6-4-3-5-7-16/h3-11,13,24-25H,2,12H2,1H3. The van der Waals surface area contributed by atoms with Crippen LogP contribution in [0.25, 0.3) is 0 Å². The van der Waals surface area contributed by atoms with Crippen LogP contribution < -0.4 is 5.32 Å². The SMILES string of the molecule is CCOC(=O)c1c(Nc2ccccc2)sc(C=NCc2ccc(Cl)cc2)c1O. The smallest absolute Gasteiger partial charge is 0.344 e. The Morgan fingerprint density at radius 3 is 2.61 bits per heavy atom. The lowest BCUT2D eigenvalue weighted by Gasteiger charge is -2.07. The van der Waals surface area contributed by atoms with Crippen molar-refractivity contribution in [2.24, 2.45) is 4.99 Å². The van der Waals surface area contributed by atoms with Crippen LogP contribution in [0.3, 0.4) is 0 Å². The van der Waals surface area contributed by atoms with Gasteiger partial charge in [-0.2, -0.15) is 0 Å². The summed E-state index contributed by atoms with van der Waals surface area (Å²) in [5.74, 6) is -0.714. The first-order valence-electron chi connectivity index (χ1n) is 8.67. The van der Waals surface area contributed by atoms with Crippen molar-refractivity contribution in [1.82, 2.24) is 0 Å². The highest BCUT2D eigenvalue weighted by molar-refractivity contribution is 7.18. The molecule has 2 N–H and O–H groups in total. The van der Waals surface area contributed by atoms with Gasteiger partial charge in [0.1, 0.15) is 10.6 Å². The summed E-state index contributed by atoms with van der Waals surface area (Å²) in [5.41, 5.74) is 1.91. The maximum Gasteiger partial charge on any atom is 0.344 e. The third kappa shape index (κ3) is 4.91. The van der Waals surface area contributed by atoms with Gasteiger partial charge in [0.25, 0.3) is 0 Å². The molecule has 0 bridgehead atoms. The Morgan fingerprint density at radius 1 is 1.21 bits per heavy atom. The molecule has 28 heavy (non-hydrogen) atoms. The van der Waals surface area contributed by atoms with Gasteiger partial charge in [0.05, 0.1) is 18.0 Å². The zero-order valence-electron chi connectivity index (χ0n) is 15.2. The van der Waals surface area contributed by atoms with Crippen LogP contribution in [0, 0.1) is 0 Å². The highest BCUT2D eigenvalue weighted by Gasteiger charge is 2.24. The van der Waals surface area contributed by atoms with E-state index in [4.69, 9.17) is 16.3 Å². The number of para-hydroxylation sites is 1. The molecule has 0 amide bonds. The van der Waals surface area contributed by atoms with E-state index in [2.05, 4.69) is 10.3 Å². The van der Waals surface area contributed by atoms with Crippen LogP contribution in [0.2, 0.25) is 5.02 Å². The molecule has 0 aliphatic rings. The molecule has 0 saturated carbocycles. The minimum absolute atomic E-state index is 0.114.